The van der Waals surface area contributed by atoms with Gasteiger partial charge in [-0.2, -0.15) is 0 Å². The molecule has 1 heterocycles. The van der Waals surface area contributed by atoms with Gasteiger partial charge in [-0.25, -0.2) is 4.58 Å². The molecule has 0 saturated carbocycles. The molecule has 0 radical (unpaired) electrons. The van der Waals surface area contributed by atoms with Crippen molar-refractivity contribution in [1.29, 1.82) is 0 Å². The van der Waals surface area contributed by atoms with Crippen LogP contribution in [0.25, 0.3) is 33.4 Å². The first kappa shape index (κ1) is 20.5. The summed E-state index contributed by atoms with van der Waals surface area (Å²) in [5.74, 6) is 0.0213. The fourth-order valence-corrected chi connectivity index (χ4v) is 3.59. The number of fused-ring (bicyclic) bond motifs is 2. The van der Waals surface area contributed by atoms with Crippen LogP contribution in [0.5, 0.6) is 5.75 Å². The highest BCUT2D eigenvalue weighted by Gasteiger charge is 2.18. The highest BCUT2D eigenvalue weighted by atomic mass is 16.5. The summed E-state index contributed by atoms with van der Waals surface area (Å²) in [7, 11) is 7.99. The number of carbonyl (C=O) groups is 1. The Balaban J connectivity index is 1.95. The zero-order valence-corrected chi connectivity index (χ0v) is 18.0. The Morgan fingerprint density at radius 1 is 1.03 bits per heavy atom. The minimum absolute atomic E-state index is 0.476. The van der Waals surface area contributed by atoms with Crippen LogP contribution in [-0.2, 0) is 4.79 Å². The third-order valence-electron chi connectivity index (χ3n) is 5.22. The molecule has 2 aromatic rings. The maximum absolute atomic E-state index is 10.7. The van der Waals surface area contributed by atoms with E-state index in [1.165, 1.54) is 0 Å². The highest BCUT2D eigenvalue weighted by molar-refractivity contribution is 6.02. The van der Waals surface area contributed by atoms with E-state index in [0.717, 1.165) is 44.5 Å². The topological polar surface area (TPSA) is 68.8 Å². The third-order valence-corrected chi connectivity index (χ3v) is 5.22. The number of nitrogens with zero attached hydrogens (tertiary/aromatic N) is 2. The Morgan fingerprint density at radius 3 is 2.42 bits per heavy atom. The Labute approximate surface area is 180 Å². The Hall–Kier alpha value is -3.80. The molecule has 0 bridgehead atoms. The zero-order chi connectivity index (χ0) is 22.1. The van der Waals surface area contributed by atoms with Crippen LogP contribution >= 0.6 is 0 Å². The van der Waals surface area contributed by atoms with Crippen molar-refractivity contribution in [3.05, 3.63) is 66.0 Å². The number of carboxylic acid groups (broad SMARTS) is 1. The summed E-state index contributed by atoms with van der Waals surface area (Å²) in [6.07, 6.45) is 0. The number of rotatable bonds is 5. The van der Waals surface area contributed by atoms with E-state index < -0.39 is 12.6 Å². The van der Waals surface area contributed by atoms with Crippen molar-refractivity contribution in [2.45, 2.75) is 0 Å². The van der Waals surface area contributed by atoms with Gasteiger partial charge in [-0.3, -0.25) is 0 Å². The van der Waals surface area contributed by atoms with Gasteiger partial charge >= 0.3 is 0 Å². The minimum Gasteiger partial charge on any atom is -0.546 e. The molecule has 158 valence electrons. The lowest BCUT2D eigenvalue weighted by atomic mass is 9.93. The number of aliphatic carboxylic acids is 1. The fourth-order valence-electron chi connectivity index (χ4n) is 3.59. The van der Waals surface area contributed by atoms with E-state index in [2.05, 4.69) is 24.3 Å². The van der Waals surface area contributed by atoms with E-state index in [-0.39, 0.29) is 0 Å². The summed E-state index contributed by atoms with van der Waals surface area (Å²) in [6, 6.07) is 19.8. The van der Waals surface area contributed by atoms with Crippen molar-refractivity contribution in [2.24, 2.45) is 0 Å². The predicted octanol–water partition coefficient (Wildman–Crippen LogP) is 2.43. The van der Waals surface area contributed by atoms with Gasteiger partial charge < -0.3 is 24.0 Å². The number of hydrogen-bond donors (Lipinski definition) is 0. The normalized spacial score (nSPS) is 11.0. The monoisotopic (exact) mass is 416 g/mol. The molecule has 0 unspecified atom stereocenters. The number of carbonyl (C=O) groups excluding carboxylic acids is 1. The molecule has 2 aromatic carbocycles. The van der Waals surface area contributed by atoms with Gasteiger partial charge in [-0.1, -0.05) is 12.1 Å². The summed E-state index contributed by atoms with van der Waals surface area (Å²) in [4.78, 5) is 12.7. The molecule has 1 aliphatic carbocycles. The summed E-state index contributed by atoms with van der Waals surface area (Å²) in [5.41, 5.74) is 4.89. The molecule has 2 aliphatic rings. The Morgan fingerprint density at radius 2 is 1.77 bits per heavy atom. The molecule has 6 heteroatoms. The molecule has 0 N–H and O–H groups in total. The van der Waals surface area contributed by atoms with Crippen LogP contribution in [-0.4, -0.2) is 40.8 Å². The summed E-state index contributed by atoms with van der Waals surface area (Å²) >= 11 is 0. The first-order valence-corrected chi connectivity index (χ1v) is 9.95. The fraction of sp³-hybridized carbons (Fsp3) is 0.200. The molecule has 6 nitrogen and oxygen atoms in total. The van der Waals surface area contributed by atoms with Gasteiger partial charge in [0.2, 0.25) is 5.36 Å². The lowest BCUT2D eigenvalue weighted by Gasteiger charge is -2.18. The molecule has 0 amide bonds. The van der Waals surface area contributed by atoms with Gasteiger partial charge in [-0.05, 0) is 35.9 Å². The SMILES string of the molecule is CN(C)c1ccc2c(-c3ccc(OCC(=O)[O-])cc3)c3ccc(=[N+](C)C)cc-3oc2c1. The maximum atomic E-state index is 10.7. The molecular weight excluding hydrogens is 392 g/mol. The van der Waals surface area contributed by atoms with Gasteiger partial charge in [0, 0.05) is 48.4 Å². The van der Waals surface area contributed by atoms with Gasteiger partial charge in [-0.15, -0.1) is 0 Å². The average molecular weight is 416 g/mol. The van der Waals surface area contributed by atoms with E-state index in [0.29, 0.717) is 5.75 Å². The van der Waals surface area contributed by atoms with Crippen molar-refractivity contribution in [3.8, 4) is 28.2 Å². The Bertz CT molecular complexity index is 1300. The average Bonchev–Trinajstić information content (AvgIpc) is 2.75. The van der Waals surface area contributed by atoms with Crippen molar-refractivity contribution in [1.82, 2.24) is 4.58 Å². The van der Waals surface area contributed by atoms with E-state index in [4.69, 9.17) is 9.15 Å². The lowest BCUT2D eigenvalue weighted by molar-refractivity contribution is -0.307. The third kappa shape index (κ3) is 4.10. The van der Waals surface area contributed by atoms with Crippen molar-refractivity contribution >= 4 is 22.6 Å². The van der Waals surface area contributed by atoms with Gasteiger partial charge in [0.05, 0.1) is 12.0 Å². The van der Waals surface area contributed by atoms with E-state index in [1.54, 1.807) is 12.1 Å². The molecule has 0 atom stereocenters. The second-order valence-corrected chi connectivity index (χ2v) is 7.81. The standard InChI is InChI=1S/C25H24N2O4/c1-26(2)17-7-11-20-22(13-17)31-23-14-18(27(3)4)8-12-21(23)25(20)16-5-9-19(10-6-16)30-15-24(28)29/h5-14H,15H2,1-4H3. The molecule has 4 rings (SSSR count). The van der Waals surface area contributed by atoms with Crippen LogP contribution in [0.1, 0.15) is 0 Å². The lowest BCUT2D eigenvalue weighted by Crippen LogP contribution is -2.28. The number of anilines is 1. The second-order valence-electron chi connectivity index (χ2n) is 7.81. The Kier molecular flexibility index (Phi) is 5.38. The largest absolute Gasteiger partial charge is 0.546 e. The van der Waals surface area contributed by atoms with Crippen LogP contribution in [0.3, 0.4) is 0 Å². The summed E-state index contributed by atoms with van der Waals surface area (Å²) in [5, 5.41) is 12.7. The second kappa shape index (κ2) is 8.14. The van der Waals surface area contributed by atoms with Crippen molar-refractivity contribution < 1.29 is 19.1 Å². The van der Waals surface area contributed by atoms with E-state index in [9.17, 15) is 9.90 Å². The smallest absolute Gasteiger partial charge is 0.203 e. The minimum atomic E-state index is -1.25. The summed E-state index contributed by atoms with van der Waals surface area (Å²) < 4.78 is 13.6. The first-order chi connectivity index (χ1) is 14.8. The van der Waals surface area contributed by atoms with Gasteiger partial charge in [0.15, 0.2) is 0 Å². The number of carboxylic acids is 1. The van der Waals surface area contributed by atoms with Crippen LogP contribution in [0.4, 0.5) is 5.69 Å². The maximum Gasteiger partial charge on any atom is 0.203 e. The molecule has 0 fully saturated rings. The quantitative estimate of drug-likeness (QED) is 0.369. The number of benzene rings is 3. The van der Waals surface area contributed by atoms with Crippen LogP contribution in [0.15, 0.2) is 65.1 Å². The molecule has 1 aliphatic heterocycles. The van der Waals surface area contributed by atoms with Crippen LogP contribution in [0.2, 0.25) is 0 Å². The molecule has 0 saturated heterocycles. The van der Waals surface area contributed by atoms with Crippen LogP contribution < -0.4 is 24.7 Å². The van der Waals surface area contributed by atoms with Crippen molar-refractivity contribution in [2.75, 3.05) is 39.7 Å². The zero-order valence-electron chi connectivity index (χ0n) is 18.0. The molecular formula is C25H24N2O4. The van der Waals surface area contributed by atoms with Gasteiger partial charge in [0.25, 0.3) is 0 Å². The molecule has 0 aromatic heterocycles. The number of hydrogen-bond acceptors (Lipinski definition) is 5. The molecule has 0 spiro atoms. The van der Waals surface area contributed by atoms with E-state index in [1.807, 2.05) is 61.9 Å². The van der Waals surface area contributed by atoms with Crippen LogP contribution in [0, 0.1) is 0 Å². The summed E-state index contributed by atoms with van der Waals surface area (Å²) in [6.45, 7) is -0.476. The first-order valence-electron chi connectivity index (χ1n) is 9.95. The predicted molar refractivity (Wildman–Crippen MR) is 120 cm³/mol. The van der Waals surface area contributed by atoms with E-state index >= 15 is 0 Å². The van der Waals surface area contributed by atoms with Gasteiger partial charge in [0.1, 0.15) is 37.8 Å². The van der Waals surface area contributed by atoms with Crippen molar-refractivity contribution in [3.63, 3.8) is 0 Å². The molecule has 31 heavy (non-hydrogen) atoms. The number of ether oxygens (including phenoxy) is 1. The highest BCUT2D eigenvalue weighted by Crippen LogP contribution is 2.41.